The second-order valence-electron chi connectivity index (χ2n) is 5.60. The Balaban J connectivity index is 0.00000225. The Morgan fingerprint density at radius 3 is 2.52 bits per heavy atom. The van der Waals surface area contributed by atoms with E-state index < -0.39 is 0 Å². The van der Waals surface area contributed by atoms with E-state index in [1.807, 2.05) is 39.1 Å². The summed E-state index contributed by atoms with van der Waals surface area (Å²) in [4.78, 5) is 14.6. The summed E-state index contributed by atoms with van der Waals surface area (Å²) in [7, 11) is 3.81. The van der Waals surface area contributed by atoms with Crippen molar-refractivity contribution in [1.29, 1.82) is 0 Å². The van der Waals surface area contributed by atoms with Crippen molar-refractivity contribution in [2.75, 3.05) is 7.05 Å². The first kappa shape index (κ1) is 19.6. The lowest BCUT2D eigenvalue weighted by Gasteiger charge is -2.11. The van der Waals surface area contributed by atoms with Gasteiger partial charge in [0.1, 0.15) is 5.82 Å². The number of imidazole rings is 1. The summed E-state index contributed by atoms with van der Waals surface area (Å²) in [5, 5.41) is 7.75. The van der Waals surface area contributed by atoms with Gasteiger partial charge in [-0.3, -0.25) is 4.99 Å². The van der Waals surface area contributed by atoms with Gasteiger partial charge in [0.15, 0.2) is 5.96 Å². The van der Waals surface area contributed by atoms with E-state index in [1.54, 1.807) is 18.4 Å². The summed E-state index contributed by atoms with van der Waals surface area (Å²) >= 11 is 1.71. The number of nitrogens with one attached hydrogen (secondary N) is 2. The van der Waals surface area contributed by atoms with Gasteiger partial charge >= 0.3 is 0 Å². The normalized spacial score (nSPS) is 11.4. The van der Waals surface area contributed by atoms with E-state index in [-0.39, 0.29) is 24.0 Å². The van der Waals surface area contributed by atoms with Crippen LogP contribution < -0.4 is 10.6 Å². The second-order valence-corrected chi connectivity index (χ2v) is 6.88. The van der Waals surface area contributed by atoms with Crippen molar-refractivity contribution in [3.63, 3.8) is 0 Å². The van der Waals surface area contributed by atoms with Gasteiger partial charge in [0, 0.05) is 19.0 Å². The van der Waals surface area contributed by atoms with E-state index >= 15 is 0 Å². The smallest absolute Gasteiger partial charge is 0.191 e. The molecule has 0 spiro atoms. The van der Waals surface area contributed by atoms with Crippen LogP contribution in [0.4, 0.5) is 0 Å². The number of hydrogen-bond acceptors (Lipinski definition) is 4. The van der Waals surface area contributed by atoms with Crippen molar-refractivity contribution in [3.05, 3.63) is 45.7 Å². The fraction of sp³-hybridized carbons (Fsp3) is 0.353. The third kappa shape index (κ3) is 4.49. The van der Waals surface area contributed by atoms with Crippen molar-refractivity contribution in [1.82, 2.24) is 25.2 Å². The van der Waals surface area contributed by atoms with E-state index in [9.17, 15) is 0 Å². The molecule has 2 aromatic heterocycles. The van der Waals surface area contributed by atoms with Crippen molar-refractivity contribution in [3.8, 4) is 0 Å². The molecule has 0 fully saturated rings. The molecule has 2 heterocycles. The Morgan fingerprint density at radius 2 is 1.88 bits per heavy atom. The van der Waals surface area contributed by atoms with Crippen LogP contribution >= 0.6 is 35.3 Å². The van der Waals surface area contributed by atoms with Gasteiger partial charge in [0.05, 0.1) is 34.8 Å². The highest BCUT2D eigenvalue weighted by Crippen LogP contribution is 2.16. The highest BCUT2D eigenvalue weighted by atomic mass is 127. The average molecular weight is 470 g/mol. The Labute approximate surface area is 168 Å². The minimum atomic E-state index is 0. The number of rotatable bonds is 4. The molecule has 3 aromatic rings. The van der Waals surface area contributed by atoms with Crippen molar-refractivity contribution >= 4 is 52.3 Å². The molecular weight excluding hydrogens is 447 g/mol. The summed E-state index contributed by atoms with van der Waals surface area (Å²) in [6, 6.07) is 8.14. The Bertz CT molecular complexity index is 883. The molecule has 6 nitrogen and oxygen atoms in total. The molecule has 134 valence electrons. The number of benzene rings is 1. The van der Waals surface area contributed by atoms with Gasteiger partial charge in [-0.15, -0.1) is 35.3 Å². The van der Waals surface area contributed by atoms with Gasteiger partial charge in [0.2, 0.25) is 0 Å². The molecule has 0 amide bonds. The number of aromatic nitrogens is 3. The number of guanidine groups is 1. The first-order chi connectivity index (χ1) is 11.6. The molecule has 8 heteroatoms. The monoisotopic (exact) mass is 470 g/mol. The Hall–Kier alpha value is -1.68. The molecule has 0 saturated carbocycles. The van der Waals surface area contributed by atoms with Crippen LogP contribution in [-0.4, -0.2) is 27.5 Å². The van der Waals surface area contributed by atoms with Crippen LogP contribution in [0.1, 0.15) is 21.4 Å². The maximum atomic E-state index is 4.66. The summed E-state index contributed by atoms with van der Waals surface area (Å²) in [6.45, 7) is 5.40. The summed E-state index contributed by atoms with van der Waals surface area (Å²) in [5.41, 5.74) is 3.22. The van der Waals surface area contributed by atoms with Crippen LogP contribution in [0.15, 0.2) is 29.3 Å². The molecular formula is C17H23IN6S. The first-order valence-electron chi connectivity index (χ1n) is 7.86. The number of halogens is 1. The third-order valence-electron chi connectivity index (χ3n) is 3.93. The molecule has 0 radical (unpaired) electrons. The van der Waals surface area contributed by atoms with Crippen LogP contribution in [0.3, 0.4) is 0 Å². The SMILES string of the molecule is CN=C(NCc1sc(C)nc1C)NCc1nc2ccccc2n1C.I. The molecule has 0 aliphatic rings. The first-order valence-corrected chi connectivity index (χ1v) is 8.68. The molecule has 0 unspecified atom stereocenters. The average Bonchev–Trinajstić information content (AvgIpc) is 3.07. The highest BCUT2D eigenvalue weighted by molar-refractivity contribution is 14.0. The number of thiazole rings is 1. The molecule has 25 heavy (non-hydrogen) atoms. The largest absolute Gasteiger partial charge is 0.351 e. The molecule has 2 N–H and O–H groups in total. The fourth-order valence-corrected chi connectivity index (χ4v) is 3.52. The molecule has 0 aliphatic heterocycles. The number of nitrogens with zero attached hydrogens (tertiary/aromatic N) is 4. The van der Waals surface area contributed by atoms with Crippen molar-refractivity contribution < 1.29 is 0 Å². The lowest BCUT2D eigenvalue weighted by molar-refractivity contribution is 0.737. The van der Waals surface area contributed by atoms with Crippen molar-refractivity contribution in [2.45, 2.75) is 26.9 Å². The number of fused-ring (bicyclic) bond motifs is 1. The van der Waals surface area contributed by atoms with Gasteiger partial charge in [0.25, 0.3) is 0 Å². The highest BCUT2D eigenvalue weighted by Gasteiger charge is 2.09. The summed E-state index contributed by atoms with van der Waals surface area (Å²) in [5.74, 6) is 1.73. The van der Waals surface area contributed by atoms with Gasteiger partial charge in [-0.2, -0.15) is 0 Å². The maximum Gasteiger partial charge on any atom is 0.191 e. The second kappa shape index (κ2) is 8.61. The zero-order chi connectivity index (χ0) is 17.1. The molecule has 0 saturated heterocycles. The van der Waals surface area contributed by atoms with E-state index in [0.29, 0.717) is 6.54 Å². The van der Waals surface area contributed by atoms with Gasteiger partial charge in [-0.1, -0.05) is 12.1 Å². The standard InChI is InChI=1S/C17H22N6S.HI/c1-11-15(24-12(2)21-11)9-19-17(18-3)20-10-16-22-13-7-5-6-8-14(13)23(16)4;/h5-8H,9-10H2,1-4H3,(H2,18,19,20);1H. The molecule has 0 atom stereocenters. The van der Waals surface area contributed by atoms with Crippen LogP contribution in [-0.2, 0) is 20.1 Å². The predicted octanol–water partition coefficient (Wildman–Crippen LogP) is 3.13. The number of hydrogen-bond donors (Lipinski definition) is 2. The van der Waals surface area contributed by atoms with Gasteiger partial charge < -0.3 is 15.2 Å². The number of aliphatic imine (C=N–C) groups is 1. The minimum Gasteiger partial charge on any atom is -0.351 e. The van der Waals surface area contributed by atoms with Crippen LogP contribution in [0, 0.1) is 13.8 Å². The van der Waals surface area contributed by atoms with Gasteiger partial charge in [-0.25, -0.2) is 9.97 Å². The zero-order valence-electron chi connectivity index (χ0n) is 14.8. The molecule has 3 rings (SSSR count). The van der Waals surface area contributed by atoms with Crippen LogP contribution in [0.25, 0.3) is 11.0 Å². The van der Waals surface area contributed by atoms with E-state index in [2.05, 4.69) is 36.2 Å². The zero-order valence-corrected chi connectivity index (χ0v) is 18.0. The lowest BCUT2D eigenvalue weighted by atomic mass is 10.3. The fourth-order valence-electron chi connectivity index (χ4n) is 2.64. The van der Waals surface area contributed by atoms with E-state index in [0.717, 1.165) is 40.1 Å². The van der Waals surface area contributed by atoms with Crippen LogP contribution in [0.5, 0.6) is 0 Å². The van der Waals surface area contributed by atoms with E-state index in [1.165, 1.54) is 4.88 Å². The maximum absolute atomic E-state index is 4.66. The quantitative estimate of drug-likeness (QED) is 0.350. The number of aryl methyl sites for hydroxylation is 3. The lowest BCUT2D eigenvalue weighted by Crippen LogP contribution is -2.36. The molecule has 1 aromatic carbocycles. The minimum absolute atomic E-state index is 0. The van der Waals surface area contributed by atoms with Crippen LogP contribution in [0.2, 0.25) is 0 Å². The molecule has 0 bridgehead atoms. The van der Waals surface area contributed by atoms with E-state index in [4.69, 9.17) is 0 Å². The topological polar surface area (TPSA) is 67.1 Å². The number of para-hydroxylation sites is 2. The van der Waals surface area contributed by atoms with Gasteiger partial charge in [-0.05, 0) is 26.0 Å². The summed E-state index contributed by atoms with van der Waals surface area (Å²) in [6.07, 6.45) is 0. The Morgan fingerprint density at radius 1 is 1.16 bits per heavy atom. The van der Waals surface area contributed by atoms with Crippen molar-refractivity contribution in [2.24, 2.45) is 12.0 Å². The Kier molecular flexibility index (Phi) is 6.77. The predicted molar refractivity (Wildman–Crippen MR) is 115 cm³/mol. The molecule has 0 aliphatic carbocycles. The third-order valence-corrected chi connectivity index (χ3v) is 5.01. The summed E-state index contributed by atoms with van der Waals surface area (Å²) < 4.78 is 2.10.